The highest BCUT2D eigenvalue weighted by Crippen LogP contribution is 2.42. The first-order chi connectivity index (χ1) is 14.3. The van der Waals surface area contributed by atoms with Gasteiger partial charge in [0, 0.05) is 17.2 Å². The summed E-state index contributed by atoms with van der Waals surface area (Å²) in [6.07, 6.45) is -4.75. The van der Waals surface area contributed by atoms with Gasteiger partial charge in [-0.15, -0.1) is 0 Å². The van der Waals surface area contributed by atoms with Gasteiger partial charge in [0.25, 0.3) is 0 Å². The first kappa shape index (κ1) is 22.9. The predicted molar refractivity (Wildman–Crippen MR) is 107 cm³/mol. The molecule has 0 bridgehead atoms. The van der Waals surface area contributed by atoms with Crippen molar-refractivity contribution < 1.29 is 26.0 Å². The molecule has 0 amide bonds. The lowest BCUT2D eigenvalue weighted by atomic mass is 9.99. The molecule has 0 aliphatic rings. The molecule has 1 atom stereocenters. The fourth-order valence-corrected chi connectivity index (χ4v) is 3.66. The van der Waals surface area contributed by atoms with Gasteiger partial charge in [-0.2, -0.15) is 18.3 Å². The van der Waals surface area contributed by atoms with Crippen LogP contribution in [0, 0.1) is 5.82 Å². The van der Waals surface area contributed by atoms with Gasteiger partial charge in [0.15, 0.2) is 5.69 Å². The van der Waals surface area contributed by atoms with Crippen LogP contribution in [0.15, 0.2) is 53.4 Å². The second-order valence-electron chi connectivity index (χ2n) is 7.21. The van der Waals surface area contributed by atoms with E-state index in [9.17, 15) is 26.0 Å². The molecular weight excluding hydrogens is 436 g/mol. The molecule has 0 spiro atoms. The van der Waals surface area contributed by atoms with Crippen LogP contribution in [0.25, 0.3) is 16.9 Å². The molecule has 1 aromatic heterocycles. The molecule has 0 aliphatic carbocycles. The van der Waals surface area contributed by atoms with E-state index in [0.29, 0.717) is 5.56 Å². The Morgan fingerprint density at radius 1 is 1.03 bits per heavy atom. The maximum Gasteiger partial charge on any atom is 0.435 e. The molecule has 2 aromatic carbocycles. The summed E-state index contributed by atoms with van der Waals surface area (Å²) in [5.74, 6) is -0.537. The van der Waals surface area contributed by atoms with Crippen molar-refractivity contribution in [2.45, 2.75) is 24.0 Å². The molecule has 2 N–H and O–H groups in total. The van der Waals surface area contributed by atoms with E-state index in [2.05, 4.69) is 5.10 Å². The van der Waals surface area contributed by atoms with Gasteiger partial charge in [0.1, 0.15) is 5.82 Å². The van der Waals surface area contributed by atoms with Crippen molar-refractivity contribution in [2.75, 3.05) is 14.1 Å². The van der Waals surface area contributed by atoms with Gasteiger partial charge in [-0.3, -0.25) is 0 Å². The Bertz CT molecular complexity index is 1190. The van der Waals surface area contributed by atoms with Crippen LogP contribution in [-0.2, 0) is 16.2 Å². The van der Waals surface area contributed by atoms with Crippen LogP contribution in [0.1, 0.15) is 24.2 Å². The maximum atomic E-state index is 13.9. The smallest absolute Gasteiger partial charge is 0.303 e. The normalized spacial score (nSPS) is 13.6. The van der Waals surface area contributed by atoms with Gasteiger partial charge in [-0.05, 0) is 69.6 Å². The highest BCUT2D eigenvalue weighted by molar-refractivity contribution is 7.89. The molecule has 0 saturated heterocycles. The lowest BCUT2D eigenvalue weighted by Crippen LogP contribution is -2.20. The number of primary sulfonamides is 1. The molecule has 0 fully saturated rings. The van der Waals surface area contributed by atoms with E-state index in [1.165, 1.54) is 36.4 Å². The standard InChI is InChI=1S/C20H20F4N4O2S/c1-12(27(2)3)17-18(13-4-6-14(21)7-5-13)28(26-19(17)20(22,23)24)15-8-10-16(11-9-15)31(25,29)30/h4-12H,1-3H3,(H2,25,29,30). The molecule has 166 valence electrons. The third-order valence-electron chi connectivity index (χ3n) is 4.91. The molecule has 1 unspecified atom stereocenters. The summed E-state index contributed by atoms with van der Waals surface area (Å²) < 4.78 is 79.4. The van der Waals surface area contributed by atoms with Crippen LogP contribution >= 0.6 is 0 Å². The average molecular weight is 456 g/mol. The molecule has 0 aliphatic heterocycles. The predicted octanol–water partition coefficient (Wildman–Crippen LogP) is 3.97. The monoisotopic (exact) mass is 456 g/mol. The van der Waals surface area contributed by atoms with Crippen LogP contribution < -0.4 is 5.14 Å². The van der Waals surface area contributed by atoms with Gasteiger partial charge in [-0.1, -0.05) is 0 Å². The number of halogens is 4. The minimum absolute atomic E-state index is 0.0837. The van der Waals surface area contributed by atoms with E-state index in [1.54, 1.807) is 25.9 Å². The number of nitrogens with two attached hydrogens (primary N) is 1. The second kappa shape index (κ2) is 8.06. The number of aromatic nitrogens is 2. The van der Waals surface area contributed by atoms with Gasteiger partial charge in [-0.25, -0.2) is 22.6 Å². The lowest BCUT2D eigenvalue weighted by molar-refractivity contribution is -0.142. The summed E-state index contributed by atoms with van der Waals surface area (Å²) in [7, 11) is -0.705. The summed E-state index contributed by atoms with van der Waals surface area (Å²) in [6, 6.07) is 9.33. The van der Waals surface area contributed by atoms with Gasteiger partial charge in [0.05, 0.1) is 16.3 Å². The minimum atomic E-state index is -4.75. The largest absolute Gasteiger partial charge is 0.435 e. The average Bonchev–Trinajstić information content (AvgIpc) is 3.08. The molecule has 0 radical (unpaired) electrons. The van der Waals surface area contributed by atoms with Gasteiger partial charge < -0.3 is 4.90 Å². The molecule has 3 rings (SSSR count). The first-order valence-electron chi connectivity index (χ1n) is 9.06. The topological polar surface area (TPSA) is 81.2 Å². The van der Waals surface area contributed by atoms with Crippen molar-refractivity contribution in [3.63, 3.8) is 0 Å². The number of hydrogen-bond donors (Lipinski definition) is 1. The summed E-state index contributed by atoms with van der Waals surface area (Å²) in [5, 5.41) is 8.94. The summed E-state index contributed by atoms with van der Waals surface area (Å²) in [5.41, 5.74) is -0.530. The van der Waals surface area contributed by atoms with E-state index in [-0.39, 0.29) is 21.8 Å². The van der Waals surface area contributed by atoms with Crippen molar-refractivity contribution >= 4 is 10.0 Å². The fourth-order valence-electron chi connectivity index (χ4n) is 3.14. The van der Waals surface area contributed by atoms with Crippen molar-refractivity contribution in [1.82, 2.24) is 14.7 Å². The molecular formula is C20H20F4N4O2S. The SMILES string of the molecule is CC(c1c(C(F)(F)F)nn(-c2ccc(S(N)(=O)=O)cc2)c1-c1ccc(F)cc1)N(C)C. The zero-order valence-corrected chi connectivity index (χ0v) is 17.7. The zero-order chi connectivity index (χ0) is 23.1. The fraction of sp³-hybridized carbons (Fsp3) is 0.250. The Balaban J connectivity index is 2.36. The van der Waals surface area contributed by atoms with Crippen LogP contribution in [0.5, 0.6) is 0 Å². The summed E-state index contributed by atoms with van der Waals surface area (Å²) in [6.45, 7) is 1.60. The molecule has 1 heterocycles. The lowest BCUT2D eigenvalue weighted by Gasteiger charge is -2.22. The first-order valence-corrected chi connectivity index (χ1v) is 10.6. The Kier molecular flexibility index (Phi) is 5.96. The minimum Gasteiger partial charge on any atom is -0.303 e. The Hall–Kier alpha value is -2.76. The van der Waals surface area contributed by atoms with Crippen LogP contribution in [0.4, 0.5) is 17.6 Å². The van der Waals surface area contributed by atoms with E-state index >= 15 is 0 Å². The van der Waals surface area contributed by atoms with Crippen LogP contribution in [0.2, 0.25) is 0 Å². The highest BCUT2D eigenvalue weighted by Gasteiger charge is 2.41. The summed E-state index contributed by atoms with van der Waals surface area (Å²) in [4.78, 5) is 1.41. The van der Waals surface area contributed by atoms with E-state index in [4.69, 9.17) is 5.14 Å². The Morgan fingerprint density at radius 2 is 1.58 bits per heavy atom. The van der Waals surface area contributed by atoms with Crippen LogP contribution in [0.3, 0.4) is 0 Å². The van der Waals surface area contributed by atoms with Crippen molar-refractivity contribution in [2.24, 2.45) is 5.14 Å². The highest BCUT2D eigenvalue weighted by atomic mass is 32.2. The van der Waals surface area contributed by atoms with E-state index < -0.39 is 33.8 Å². The molecule has 3 aromatic rings. The number of alkyl halides is 3. The second-order valence-corrected chi connectivity index (χ2v) is 8.77. The Labute approximate surface area is 177 Å². The number of benzene rings is 2. The quantitative estimate of drug-likeness (QED) is 0.589. The van der Waals surface area contributed by atoms with Gasteiger partial charge >= 0.3 is 6.18 Å². The number of nitrogens with zero attached hydrogens (tertiary/aromatic N) is 3. The number of rotatable bonds is 5. The third kappa shape index (κ3) is 4.63. The maximum absolute atomic E-state index is 13.9. The molecule has 11 heteroatoms. The molecule has 0 saturated carbocycles. The van der Waals surface area contributed by atoms with Crippen molar-refractivity contribution in [3.05, 3.63) is 65.6 Å². The number of sulfonamides is 1. The van der Waals surface area contributed by atoms with Crippen molar-refractivity contribution in [1.29, 1.82) is 0 Å². The number of hydrogen-bond acceptors (Lipinski definition) is 4. The van der Waals surface area contributed by atoms with Crippen molar-refractivity contribution in [3.8, 4) is 16.9 Å². The summed E-state index contributed by atoms with van der Waals surface area (Å²) >= 11 is 0. The molecule has 31 heavy (non-hydrogen) atoms. The van der Waals surface area contributed by atoms with Gasteiger partial charge in [0.2, 0.25) is 10.0 Å². The van der Waals surface area contributed by atoms with Crippen LogP contribution in [-0.4, -0.2) is 37.2 Å². The van der Waals surface area contributed by atoms with E-state index in [0.717, 1.165) is 16.8 Å². The zero-order valence-electron chi connectivity index (χ0n) is 16.9. The molecule has 6 nitrogen and oxygen atoms in total. The third-order valence-corrected chi connectivity index (χ3v) is 5.84. The van der Waals surface area contributed by atoms with E-state index in [1.807, 2.05) is 0 Å². The Morgan fingerprint density at radius 3 is 2.03 bits per heavy atom.